The first-order valence-electron chi connectivity index (χ1n) is 10.7. The molecule has 0 aliphatic heterocycles. The molecule has 0 amide bonds. The van der Waals surface area contributed by atoms with Gasteiger partial charge in [-0.15, -0.1) is 0 Å². The Hall–Kier alpha value is -3.88. The SMILES string of the molecule is CCCOc1ccc(-c2ccc(C(=O)Oc3ccc(C(=O)OCC(F)(F)C(F)F)cc3)cc2)cc1. The minimum Gasteiger partial charge on any atom is -0.494 e. The van der Waals surface area contributed by atoms with Gasteiger partial charge in [0.1, 0.15) is 11.5 Å². The van der Waals surface area contributed by atoms with Crippen LogP contribution in [0, 0.1) is 0 Å². The predicted molar refractivity (Wildman–Crippen MR) is 120 cm³/mol. The maximum atomic E-state index is 12.9. The third kappa shape index (κ3) is 7.05. The van der Waals surface area contributed by atoms with Crippen LogP contribution in [0.15, 0.2) is 72.8 Å². The molecule has 0 aliphatic carbocycles. The van der Waals surface area contributed by atoms with Gasteiger partial charge in [-0.3, -0.25) is 0 Å². The molecule has 3 rings (SSSR count). The van der Waals surface area contributed by atoms with Gasteiger partial charge in [-0.05, 0) is 66.1 Å². The number of ether oxygens (including phenoxy) is 3. The fourth-order valence-electron chi connectivity index (χ4n) is 2.90. The van der Waals surface area contributed by atoms with Crippen molar-refractivity contribution < 1.29 is 41.4 Å². The number of benzene rings is 3. The summed E-state index contributed by atoms with van der Waals surface area (Å²) in [6, 6.07) is 19.2. The number of carbonyl (C=O) groups is 2. The first kappa shape index (κ1) is 25.7. The van der Waals surface area contributed by atoms with Crippen molar-refractivity contribution >= 4 is 11.9 Å². The second-order valence-corrected chi connectivity index (χ2v) is 7.50. The zero-order chi connectivity index (χ0) is 25.4. The summed E-state index contributed by atoms with van der Waals surface area (Å²) in [5, 5.41) is 0. The first-order valence-corrected chi connectivity index (χ1v) is 10.7. The third-order valence-electron chi connectivity index (χ3n) is 4.80. The maximum Gasteiger partial charge on any atom is 0.343 e. The van der Waals surface area contributed by atoms with Gasteiger partial charge in [0.2, 0.25) is 0 Å². The van der Waals surface area contributed by atoms with Crippen molar-refractivity contribution in [2.45, 2.75) is 25.7 Å². The van der Waals surface area contributed by atoms with E-state index in [9.17, 15) is 27.2 Å². The lowest BCUT2D eigenvalue weighted by atomic mass is 10.0. The summed E-state index contributed by atoms with van der Waals surface area (Å²) in [6.45, 7) is 0.927. The Bertz CT molecular complexity index is 1130. The van der Waals surface area contributed by atoms with Gasteiger partial charge in [-0.2, -0.15) is 8.78 Å². The molecule has 0 saturated heterocycles. The summed E-state index contributed by atoms with van der Waals surface area (Å²) >= 11 is 0. The van der Waals surface area contributed by atoms with Gasteiger partial charge in [0.15, 0.2) is 6.61 Å². The van der Waals surface area contributed by atoms with Crippen molar-refractivity contribution in [3.05, 3.63) is 83.9 Å². The minimum atomic E-state index is -4.44. The molecule has 3 aromatic carbocycles. The molecule has 0 aromatic heterocycles. The summed E-state index contributed by atoms with van der Waals surface area (Å²) in [4.78, 5) is 24.2. The highest BCUT2D eigenvalue weighted by Gasteiger charge is 2.42. The molecule has 0 heterocycles. The molecule has 35 heavy (non-hydrogen) atoms. The number of carbonyl (C=O) groups excluding carboxylic acids is 2. The molecule has 0 saturated carbocycles. The van der Waals surface area contributed by atoms with E-state index in [1.807, 2.05) is 31.2 Å². The van der Waals surface area contributed by atoms with Gasteiger partial charge < -0.3 is 14.2 Å². The van der Waals surface area contributed by atoms with Gasteiger partial charge in [-0.25, -0.2) is 18.4 Å². The third-order valence-corrected chi connectivity index (χ3v) is 4.80. The van der Waals surface area contributed by atoms with Crippen LogP contribution in [0.5, 0.6) is 11.5 Å². The van der Waals surface area contributed by atoms with E-state index in [-0.39, 0.29) is 16.9 Å². The Morgan fingerprint density at radius 1 is 0.771 bits per heavy atom. The number of hydrogen-bond acceptors (Lipinski definition) is 5. The smallest absolute Gasteiger partial charge is 0.343 e. The second kappa shape index (κ2) is 11.5. The highest BCUT2D eigenvalue weighted by molar-refractivity contribution is 5.92. The molecule has 0 aliphatic rings. The standard InChI is InChI=1S/C26H22F4O5/c1-2-15-33-21-11-7-18(8-12-21)17-3-5-20(6-4-17)24(32)35-22-13-9-19(10-14-22)23(31)34-16-26(29,30)25(27)28/h3-14,25H,2,15-16H2,1H3. The summed E-state index contributed by atoms with van der Waals surface area (Å²) in [6.07, 6.45) is -3.03. The molecule has 0 fully saturated rings. The van der Waals surface area contributed by atoms with E-state index < -0.39 is 30.9 Å². The van der Waals surface area contributed by atoms with E-state index in [0.717, 1.165) is 23.3 Å². The van der Waals surface area contributed by atoms with Crippen LogP contribution in [-0.2, 0) is 4.74 Å². The topological polar surface area (TPSA) is 61.8 Å². The predicted octanol–water partition coefficient (Wildman–Crippen LogP) is 6.42. The monoisotopic (exact) mass is 490 g/mol. The Morgan fingerprint density at radius 3 is 1.80 bits per heavy atom. The summed E-state index contributed by atoms with van der Waals surface area (Å²) < 4.78 is 65.1. The maximum absolute atomic E-state index is 12.9. The largest absolute Gasteiger partial charge is 0.494 e. The minimum absolute atomic E-state index is 0.0937. The number of halogens is 4. The molecule has 184 valence electrons. The van der Waals surface area contributed by atoms with E-state index >= 15 is 0 Å². The molecule has 0 N–H and O–H groups in total. The Balaban J connectivity index is 1.57. The first-order chi connectivity index (χ1) is 16.7. The average molecular weight is 490 g/mol. The van der Waals surface area contributed by atoms with E-state index in [2.05, 4.69) is 4.74 Å². The zero-order valence-electron chi connectivity index (χ0n) is 18.7. The molecule has 3 aromatic rings. The van der Waals surface area contributed by atoms with E-state index in [1.165, 1.54) is 24.3 Å². The molecule has 0 spiro atoms. The van der Waals surface area contributed by atoms with E-state index in [1.54, 1.807) is 24.3 Å². The van der Waals surface area contributed by atoms with Crippen molar-refractivity contribution in [1.82, 2.24) is 0 Å². The molecule has 0 bridgehead atoms. The number of rotatable bonds is 10. The highest BCUT2D eigenvalue weighted by atomic mass is 19.3. The van der Waals surface area contributed by atoms with Crippen molar-refractivity contribution in [2.75, 3.05) is 13.2 Å². The molecule has 0 atom stereocenters. The van der Waals surface area contributed by atoms with Crippen LogP contribution < -0.4 is 9.47 Å². The lowest BCUT2D eigenvalue weighted by molar-refractivity contribution is -0.155. The van der Waals surface area contributed by atoms with Gasteiger partial charge in [0.05, 0.1) is 17.7 Å². The van der Waals surface area contributed by atoms with Crippen LogP contribution in [0.3, 0.4) is 0 Å². The summed E-state index contributed by atoms with van der Waals surface area (Å²) in [5.74, 6) is -5.42. The van der Waals surface area contributed by atoms with E-state index in [4.69, 9.17) is 9.47 Å². The van der Waals surface area contributed by atoms with Crippen molar-refractivity contribution in [1.29, 1.82) is 0 Å². The quantitative estimate of drug-likeness (QED) is 0.187. The van der Waals surface area contributed by atoms with Crippen LogP contribution in [-0.4, -0.2) is 37.5 Å². The summed E-state index contributed by atoms with van der Waals surface area (Å²) in [7, 11) is 0. The van der Waals surface area contributed by atoms with Crippen molar-refractivity contribution in [3.63, 3.8) is 0 Å². The molecular formula is C26H22F4O5. The number of alkyl halides is 4. The van der Waals surface area contributed by atoms with E-state index in [0.29, 0.717) is 6.61 Å². The fraction of sp³-hybridized carbons (Fsp3) is 0.231. The molecule has 0 radical (unpaired) electrons. The number of esters is 2. The molecule has 0 unspecified atom stereocenters. The highest BCUT2D eigenvalue weighted by Crippen LogP contribution is 2.25. The van der Waals surface area contributed by atoms with Gasteiger partial charge in [0.25, 0.3) is 0 Å². The average Bonchev–Trinajstić information content (AvgIpc) is 2.87. The van der Waals surface area contributed by atoms with Crippen LogP contribution in [0.25, 0.3) is 11.1 Å². The second-order valence-electron chi connectivity index (χ2n) is 7.50. The molecule has 5 nitrogen and oxygen atoms in total. The van der Waals surface area contributed by atoms with Crippen LogP contribution in [0.1, 0.15) is 34.1 Å². The van der Waals surface area contributed by atoms with Crippen molar-refractivity contribution in [2.24, 2.45) is 0 Å². The Labute approximate surface area is 199 Å². The van der Waals surface area contributed by atoms with Gasteiger partial charge in [-0.1, -0.05) is 31.2 Å². The number of hydrogen-bond donors (Lipinski definition) is 0. The van der Waals surface area contributed by atoms with Crippen molar-refractivity contribution in [3.8, 4) is 22.6 Å². The summed E-state index contributed by atoms with van der Waals surface area (Å²) in [5.41, 5.74) is 1.96. The fourth-order valence-corrected chi connectivity index (χ4v) is 2.90. The molecule has 9 heteroatoms. The lowest BCUT2D eigenvalue weighted by Crippen LogP contribution is -2.33. The van der Waals surface area contributed by atoms with Crippen LogP contribution in [0.2, 0.25) is 0 Å². The zero-order valence-corrected chi connectivity index (χ0v) is 18.7. The van der Waals surface area contributed by atoms with Gasteiger partial charge in [0, 0.05) is 0 Å². The molecular weight excluding hydrogens is 468 g/mol. The Kier molecular flexibility index (Phi) is 8.46. The van der Waals surface area contributed by atoms with Crippen LogP contribution in [0.4, 0.5) is 17.6 Å². The Morgan fingerprint density at radius 2 is 1.26 bits per heavy atom. The normalized spacial score (nSPS) is 11.3. The van der Waals surface area contributed by atoms with Crippen LogP contribution >= 0.6 is 0 Å². The lowest BCUT2D eigenvalue weighted by Gasteiger charge is -2.15. The van der Waals surface area contributed by atoms with Gasteiger partial charge >= 0.3 is 24.3 Å².